The number of pyridine rings is 1. The molecule has 2 aromatic rings. The third-order valence-corrected chi connectivity index (χ3v) is 4.02. The molecule has 0 unspecified atom stereocenters. The molecule has 0 radical (unpaired) electrons. The Hall–Kier alpha value is -2.36. The van der Waals surface area contributed by atoms with Crippen molar-refractivity contribution in [3.63, 3.8) is 0 Å². The van der Waals surface area contributed by atoms with Crippen LogP contribution < -0.4 is 5.32 Å². The maximum atomic E-state index is 11.5. The Morgan fingerprint density at radius 1 is 1.05 bits per heavy atom. The number of nitrogens with one attached hydrogen (secondary N) is 1. The number of nitrogens with zero attached hydrogens (tertiary/aromatic N) is 1. The Bertz CT molecular complexity index is 604. The van der Waals surface area contributed by atoms with Crippen molar-refractivity contribution >= 4 is 17.3 Å². The molecule has 0 aliphatic heterocycles. The van der Waals surface area contributed by atoms with Gasteiger partial charge >= 0.3 is 5.97 Å². The highest BCUT2D eigenvalue weighted by atomic mass is 16.4. The molecule has 20 heavy (non-hydrogen) atoms. The van der Waals surface area contributed by atoms with Crippen molar-refractivity contribution in [2.75, 3.05) is 5.32 Å². The first-order valence-electron chi connectivity index (χ1n) is 6.72. The monoisotopic (exact) mass is 268 g/mol. The Balaban J connectivity index is 1.80. The Kier molecular flexibility index (Phi) is 3.14. The lowest BCUT2D eigenvalue weighted by Crippen LogP contribution is -2.42. The fraction of sp³-hybridized carbons (Fsp3) is 0.250. The largest absolute Gasteiger partial charge is 0.481 e. The van der Waals surface area contributed by atoms with Crippen molar-refractivity contribution < 1.29 is 9.90 Å². The number of carboxylic acid groups (broad SMARTS) is 1. The Morgan fingerprint density at radius 2 is 1.65 bits per heavy atom. The van der Waals surface area contributed by atoms with Gasteiger partial charge in [-0.3, -0.25) is 9.78 Å². The van der Waals surface area contributed by atoms with Gasteiger partial charge in [-0.25, -0.2) is 0 Å². The lowest BCUT2D eigenvalue weighted by Gasteiger charge is -2.38. The van der Waals surface area contributed by atoms with E-state index in [-0.39, 0.29) is 0 Å². The summed E-state index contributed by atoms with van der Waals surface area (Å²) >= 11 is 0. The van der Waals surface area contributed by atoms with Gasteiger partial charge in [0.1, 0.15) is 0 Å². The van der Waals surface area contributed by atoms with Gasteiger partial charge in [-0.15, -0.1) is 0 Å². The summed E-state index contributed by atoms with van der Waals surface area (Å²) in [7, 11) is 0. The zero-order valence-corrected chi connectivity index (χ0v) is 11.0. The molecule has 3 rings (SSSR count). The molecule has 1 aliphatic carbocycles. The third-order valence-electron chi connectivity index (χ3n) is 4.02. The average molecular weight is 268 g/mol. The molecule has 0 bridgehead atoms. The lowest BCUT2D eigenvalue weighted by atomic mass is 9.64. The summed E-state index contributed by atoms with van der Waals surface area (Å²) in [5.41, 5.74) is 2.15. The van der Waals surface area contributed by atoms with Crippen LogP contribution in [-0.2, 0) is 10.2 Å². The highest BCUT2D eigenvalue weighted by Gasteiger charge is 2.45. The summed E-state index contributed by atoms with van der Waals surface area (Å²) in [5, 5.41) is 12.7. The number of hydrogen-bond donors (Lipinski definition) is 2. The van der Waals surface area contributed by atoms with Crippen LogP contribution in [0.3, 0.4) is 0 Å². The van der Waals surface area contributed by atoms with E-state index < -0.39 is 11.4 Å². The van der Waals surface area contributed by atoms with Crippen LogP contribution in [0.1, 0.15) is 24.8 Å². The van der Waals surface area contributed by atoms with Crippen molar-refractivity contribution in [1.82, 2.24) is 4.98 Å². The standard InChI is InChI=1S/C16H16N2O2/c19-15(20)16(8-1-9-16)12-2-4-13(5-3-12)18-14-6-10-17-11-7-14/h2-7,10-11H,1,8-9H2,(H,17,18)(H,19,20). The van der Waals surface area contributed by atoms with Crippen molar-refractivity contribution in [2.24, 2.45) is 0 Å². The molecule has 0 atom stereocenters. The minimum absolute atomic E-state index is 0.658. The smallest absolute Gasteiger partial charge is 0.314 e. The number of rotatable bonds is 4. The van der Waals surface area contributed by atoms with Crippen molar-refractivity contribution in [3.8, 4) is 0 Å². The first-order chi connectivity index (χ1) is 9.71. The van der Waals surface area contributed by atoms with Crippen molar-refractivity contribution in [1.29, 1.82) is 0 Å². The predicted molar refractivity (Wildman–Crippen MR) is 77.1 cm³/mol. The summed E-state index contributed by atoms with van der Waals surface area (Å²) < 4.78 is 0. The quantitative estimate of drug-likeness (QED) is 0.892. The van der Waals surface area contributed by atoms with Gasteiger partial charge in [-0.2, -0.15) is 0 Å². The number of aromatic nitrogens is 1. The average Bonchev–Trinajstić information content (AvgIpc) is 2.40. The van der Waals surface area contributed by atoms with E-state index in [1.165, 1.54) is 0 Å². The fourth-order valence-electron chi connectivity index (χ4n) is 2.63. The van der Waals surface area contributed by atoms with Gasteiger partial charge in [0.2, 0.25) is 0 Å². The van der Waals surface area contributed by atoms with Crippen LogP contribution in [0.15, 0.2) is 48.8 Å². The van der Waals surface area contributed by atoms with Crippen LogP contribution in [-0.4, -0.2) is 16.1 Å². The molecule has 1 saturated carbocycles. The van der Waals surface area contributed by atoms with Crippen LogP contribution in [0.2, 0.25) is 0 Å². The van der Waals surface area contributed by atoms with E-state index in [1.54, 1.807) is 12.4 Å². The van der Waals surface area contributed by atoms with Gasteiger partial charge in [-0.05, 0) is 42.7 Å². The van der Waals surface area contributed by atoms with E-state index in [0.717, 1.165) is 36.2 Å². The zero-order valence-electron chi connectivity index (χ0n) is 11.0. The molecule has 1 aromatic heterocycles. The van der Waals surface area contributed by atoms with E-state index in [9.17, 15) is 9.90 Å². The zero-order chi connectivity index (χ0) is 14.0. The molecular weight excluding hydrogens is 252 g/mol. The highest BCUT2D eigenvalue weighted by Crippen LogP contribution is 2.44. The molecule has 1 aliphatic rings. The molecule has 4 heteroatoms. The molecule has 0 saturated heterocycles. The van der Waals surface area contributed by atoms with Crippen LogP contribution in [0, 0.1) is 0 Å². The maximum Gasteiger partial charge on any atom is 0.314 e. The molecule has 1 aromatic carbocycles. The summed E-state index contributed by atoms with van der Waals surface area (Å²) in [6, 6.07) is 11.5. The number of aliphatic carboxylic acids is 1. The number of benzene rings is 1. The molecule has 0 amide bonds. The van der Waals surface area contributed by atoms with Gasteiger partial charge in [0.15, 0.2) is 0 Å². The third kappa shape index (κ3) is 2.13. The van der Waals surface area contributed by atoms with Crippen LogP contribution in [0.5, 0.6) is 0 Å². The number of hydrogen-bond acceptors (Lipinski definition) is 3. The van der Waals surface area contributed by atoms with E-state index in [4.69, 9.17) is 0 Å². The summed E-state index contributed by atoms with van der Waals surface area (Å²) in [6.07, 6.45) is 5.91. The highest BCUT2D eigenvalue weighted by molar-refractivity contribution is 5.82. The maximum absolute atomic E-state index is 11.5. The minimum Gasteiger partial charge on any atom is -0.481 e. The van der Waals surface area contributed by atoms with Crippen LogP contribution >= 0.6 is 0 Å². The summed E-state index contributed by atoms with van der Waals surface area (Å²) in [4.78, 5) is 15.4. The molecule has 2 N–H and O–H groups in total. The second-order valence-electron chi connectivity index (χ2n) is 5.18. The first kappa shape index (κ1) is 12.7. The molecule has 102 valence electrons. The van der Waals surface area contributed by atoms with Gasteiger partial charge < -0.3 is 10.4 Å². The molecule has 1 fully saturated rings. The van der Waals surface area contributed by atoms with Gasteiger partial charge in [-0.1, -0.05) is 18.6 Å². The van der Waals surface area contributed by atoms with Gasteiger partial charge in [0, 0.05) is 23.8 Å². The van der Waals surface area contributed by atoms with E-state index in [2.05, 4.69) is 10.3 Å². The molecule has 1 heterocycles. The number of anilines is 2. The van der Waals surface area contributed by atoms with Gasteiger partial charge in [0.25, 0.3) is 0 Å². The van der Waals surface area contributed by atoms with Crippen LogP contribution in [0.25, 0.3) is 0 Å². The summed E-state index contributed by atoms with van der Waals surface area (Å²) in [5.74, 6) is -0.710. The Morgan fingerprint density at radius 3 is 2.15 bits per heavy atom. The van der Waals surface area contributed by atoms with Crippen LogP contribution in [0.4, 0.5) is 11.4 Å². The van der Waals surface area contributed by atoms with E-state index in [1.807, 2.05) is 36.4 Å². The summed E-state index contributed by atoms with van der Waals surface area (Å²) in [6.45, 7) is 0. The predicted octanol–water partition coefficient (Wildman–Crippen LogP) is 3.33. The normalized spacial score (nSPS) is 16.2. The van der Waals surface area contributed by atoms with Gasteiger partial charge in [0.05, 0.1) is 5.41 Å². The molecular formula is C16H16N2O2. The first-order valence-corrected chi connectivity index (χ1v) is 6.72. The number of carbonyl (C=O) groups is 1. The lowest BCUT2D eigenvalue weighted by molar-refractivity contribution is -0.147. The van der Waals surface area contributed by atoms with Crippen molar-refractivity contribution in [2.45, 2.75) is 24.7 Å². The number of carboxylic acids is 1. The van der Waals surface area contributed by atoms with Crippen molar-refractivity contribution in [3.05, 3.63) is 54.4 Å². The fourth-order valence-corrected chi connectivity index (χ4v) is 2.63. The van der Waals surface area contributed by atoms with E-state index in [0.29, 0.717) is 0 Å². The van der Waals surface area contributed by atoms with E-state index >= 15 is 0 Å². The molecule has 4 nitrogen and oxygen atoms in total. The second kappa shape index (κ2) is 4.96. The second-order valence-corrected chi connectivity index (χ2v) is 5.18. The topological polar surface area (TPSA) is 62.2 Å². The minimum atomic E-state index is -0.710. The SMILES string of the molecule is O=C(O)C1(c2ccc(Nc3ccncc3)cc2)CCC1. The molecule has 0 spiro atoms. The Labute approximate surface area is 117 Å².